The van der Waals surface area contributed by atoms with Gasteiger partial charge in [-0.2, -0.15) is 5.10 Å². The van der Waals surface area contributed by atoms with Crippen LogP contribution in [0.5, 0.6) is 0 Å². The van der Waals surface area contributed by atoms with Gasteiger partial charge >= 0.3 is 0 Å². The molecule has 142 valence electrons. The fourth-order valence-electron chi connectivity index (χ4n) is 3.32. The van der Waals surface area contributed by atoms with E-state index in [1.807, 2.05) is 30.7 Å². The van der Waals surface area contributed by atoms with Crippen molar-refractivity contribution in [1.82, 2.24) is 9.78 Å². The van der Waals surface area contributed by atoms with Crippen molar-refractivity contribution >= 4 is 23.2 Å². The van der Waals surface area contributed by atoms with Crippen LogP contribution in [0.2, 0.25) is 5.02 Å². The Morgan fingerprint density at radius 2 is 1.88 bits per heavy atom. The molecule has 4 nitrogen and oxygen atoms in total. The molecule has 0 radical (unpaired) electrons. The number of hydrogen-bond acceptors (Lipinski definition) is 2. The number of nitrogens with zero attached hydrogens (tertiary/aromatic N) is 2. The predicted octanol–water partition coefficient (Wildman–Crippen LogP) is 5.12. The molecule has 0 unspecified atom stereocenters. The predicted molar refractivity (Wildman–Crippen MR) is 109 cm³/mol. The molecular weight excluding hydrogens is 346 g/mol. The molecule has 26 heavy (non-hydrogen) atoms. The molecule has 0 saturated heterocycles. The average molecular weight is 376 g/mol. The van der Waals surface area contributed by atoms with Crippen molar-refractivity contribution in [2.45, 2.75) is 67.3 Å². The second-order valence-corrected chi connectivity index (χ2v) is 7.62. The monoisotopic (exact) mass is 375 g/mol. The minimum atomic E-state index is -0.0213. The number of benzene rings is 1. The van der Waals surface area contributed by atoms with E-state index in [0.717, 1.165) is 53.2 Å². The number of amides is 1. The minimum absolute atomic E-state index is 0.0213. The first kappa shape index (κ1) is 20.5. The molecule has 0 bridgehead atoms. The smallest absolute Gasteiger partial charge is 0.228 e. The van der Waals surface area contributed by atoms with Crippen molar-refractivity contribution in [3.05, 3.63) is 45.2 Å². The number of hydrogen-bond donors (Lipinski definition) is 1. The first-order chi connectivity index (χ1) is 12.3. The van der Waals surface area contributed by atoms with E-state index in [-0.39, 0.29) is 5.91 Å². The van der Waals surface area contributed by atoms with E-state index in [1.54, 1.807) is 0 Å². The van der Waals surface area contributed by atoms with Crippen molar-refractivity contribution in [2.24, 2.45) is 5.92 Å². The highest BCUT2D eigenvalue weighted by Gasteiger charge is 2.18. The first-order valence-corrected chi connectivity index (χ1v) is 9.79. The zero-order chi connectivity index (χ0) is 19.4. The van der Waals surface area contributed by atoms with Gasteiger partial charge in [-0.3, -0.25) is 9.48 Å². The zero-order valence-electron chi connectivity index (χ0n) is 16.7. The molecule has 1 aromatic carbocycles. The maximum absolute atomic E-state index is 12.8. The molecule has 0 aliphatic heterocycles. The van der Waals surface area contributed by atoms with Gasteiger partial charge in [0.1, 0.15) is 0 Å². The lowest BCUT2D eigenvalue weighted by Crippen LogP contribution is -2.18. The molecule has 0 fully saturated rings. The van der Waals surface area contributed by atoms with Crippen LogP contribution >= 0.6 is 11.6 Å². The van der Waals surface area contributed by atoms with Gasteiger partial charge in [-0.05, 0) is 49.8 Å². The average Bonchev–Trinajstić information content (AvgIpc) is 2.82. The summed E-state index contributed by atoms with van der Waals surface area (Å²) >= 11 is 6.34. The van der Waals surface area contributed by atoms with Crippen LogP contribution in [0.1, 0.15) is 55.8 Å². The fourth-order valence-corrected chi connectivity index (χ4v) is 3.62. The third-order valence-electron chi connectivity index (χ3n) is 4.75. The molecule has 5 heteroatoms. The number of halogens is 1. The Kier molecular flexibility index (Phi) is 6.87. The highest BCUT2D eigenvalue weighted by atomic mass is 35.5. The van der Waals surface area contributed by atoms with Gasteiger partial charge in [-0.25, -0.2) is 0 Å². The summed E-state index contributed by atoms with van der Waals surface area (Å²) < 4.78 is 2.01. The molecule has 0 saturated carbocycles. The van der Waals surface area contributed by atoms with Gasteiger partial charge in [0.25, 0.3) is 0 Å². The largest absolute Gasteiger partial charge is 0.325 e. The summed E-state index contributed by atoms with van der Waals surface area (Å²) in [5.41, 5.74) is 6.00. The van der Waals surface area contributed by atoms with Crippen LogP contribution in [0.25, 0.3) is 0 Å². The molecule has 0 spiro atoms. The highest BCUT2D eigenvalue weighted by molar-refractivity contribution is 6.32. The number of nitrogens with one attached hydrogen (secondary N) is 1. The highest BCUT2D eigenvalue weighted by Crippen LogP contribution is 2.30. The number of aryl methyl sites for hydroxylation is 2. The summed E-state index contributed by atoms with van der Waals surface area (Å²) in [5, 5.41) is 8.43. The summed E-state index contributed by atoms with van der Waals surface area (Å²) in [6, 6.07) is 3.91. The molecule has 2 rings (SSSR count). The molecule has 1 amide bonds. The van der Waals surface area contributed by atoms with Crippen molar-refractivity contribution in [3.8, 4) is 0 Å². The SMILES string of the molecule is CCc1ccc(Cl)c(CC)c1NC(=O)Cc1c(C)nn(CC(C)C)c1C. The Bertz CT molecular complexity index is 793. The van der Waals surface area contributed by atoms with Gasteiger partial charge in [0, 0.05) is 28.5 Å². The zero-order valence-corrected chi connectivity index (χ0v) is 17.5. The summed E-state index contributed by atoms with van der Waals surface area (Å²) in [6.07, 6.45) is 1.96. The Hall–Kier alpha value is -1.81. The fraction of sp³-hybridized carbons (Fsp3) is 0.524. The van der Waals surface area contributed by atoms with Gasteiger partial charge < -0.3 is 5.32 Å². The summed E-state index contributed by atoms with van der Waals surface area (Å²) in [7, 11) is 0. The van der Waals surface area contributed by atoms with E-state index >= 15 is 0 Å². The summed E-state index contributed by atoms with van der Waals surface area (Å²) in [4.78, 5) is 12.8. The lowest BCUT2D eigenvalue weighted by atomic mass is 10.0. The topological polar surface area (TPSA) is 46.9 Å². The summed E-state index contributed by atoms with van der Waals surface area (Å²) in [6.45, 7) is 13.4. The molecular formula is C21H30ClN3O. The molecule has 0 aliphatic carbocycles. The van der Waals surface area contributed by atoms with E-state index in [0.29, 0.717) is 17.4 Å². The minimum Gasteiger partial charge on any atom is -0.325 e. The van der Waals surface area contributed by atoms with E-state index in [4.69, 9.17) is 11.6 Å². The van der Waals surface area contributed by atoms with Crippen LogP contribution in [0.15, 0.2) is 12.1 Å². The number of carbonyl (C=O) groups excluding carboxylic acids is 1. The van der Waals surface area contributed by atoms with Crippen LogP contribution in [-0.4, -0.2) is 15.7 Å². The standard InChI is InChI=1S/C21H30ClN3O/c1-7-16-9-10-19(22)17(8-2)21(16)23-20(26)11-18-14(5)24-25(15(18)6)12-13(3)4/h9-10,13H,7-8,11-12H2,1-6H3,(H,23,26). The Labute approximate surface area is 161 Å². The van der Waals surface area contributed by atoms with Crippen molar-refractivity contribution in [2.75, 3.05) is 5.32 Å². The molecule has 1 aromatic heterocycles. The van der Waals surface area contributed by atoms with Crippen molar-refractivity contribution in [1.29, 1.82) is 0 Å². The lowest BCUT2D eigenvalue weighted by molar-refractivity contribution is -0.115. The number of carbonyl (C=O) groups is 1. The van der Waals surface area contributed by atoms with E-state index < -0.39 is 0 Å². The van der Waals surface area contributed by atoms with Crippen molar-refractivity contribution < 1.29 is 4.79 Å². The van der Waals surface area contributed by atoms with E-state index in [2.05, 4.69) is 38.1 Å². The number of anilines is 1. The molecule has 0 aliphatic rings. The molecule has 1 N–H and O–H groups in total. The lowest BCUT2D eigenvalue weighted by Gasteiger charge is -2.16. The Balaban J connectivity index is 2.25. The molecule has 1 heterocycles. The quantitative estimate of drug-likeness (QED) is 0.730. The first-order valence-electron chi connectivity index (χ1n) is 9.41. The maximum Gasteiger partial charge on any atom is 0.228 e. The second kappa shape index (κ2) is 8.72. The third-order valence-corrected chi connectivity index (χ3v) is 5.10. The van der Waals surface area contributed by atoms with Crippen LogP contribution in [0.4, 0.5) is 5.69 Å². The Morgan fingerprint density at radius 3 is 2.46 bits per heavy atom. The third kappa shape index (κ3) is 4.47. The van der Waals surface area contributed by atoms with Gasteiger partial charge in [-0.1, -0.05) is 45.4 Å². The second-order valence-electron chi connectivity index (χ2n) is 7.22. The van der Waals surface area contributed by atoms with Crippen LogP contribution in [-0.2, 0) is 30.6 Å². The van der Waals surface area contributed by atoms with Crippen LogP contribution < -0.4 is 5.32 Å². The van der Waals surface area contributed by atoms with E-state index in [9.17, 15) is 4.79 Å². The van der Waals surface area contributed by atoms with Gasteiger partial charge in [-0.15, -0.1) is 0 Å². The maximum atomic E-state index is 12.8. The van der Waals surface area contributed by atoms with Crippen molar-refractivity contribution in [3.63, 3.8) is 0 Å². The van der Waals surface area contributed by atoms with E-state index in [1.165, 1.54) is 0 Å². The van der Waals surface area contributed by atoms with Crippen LogP contribution in [0.3, 0.4) is 0 Å². The van der Waals surface area contributed by atoms with Gasteiger partial charge in [0.05, 0.1) is 12.1 Å². The van der Waals surface area contributed by atoms with Gasteiger partial charge in [0.2, 0.25) is 5.91 Å². The Morgan fingerprint density at radius 1 is 1.19 bits per heavy atom. The van der Waals surface area contributed by atoms with Crippen LogP contribution in [0, 0.1) is 19.8 Å². The van der Waals surface area contributed by atoms with Gasteiger partial charge in [0.15, 0.2) is 0 Å². The molecule has 2 aromatic rings. The molecule has 0 atom stereocenters. The normalized spacial score (nSPS) is 11.2. The number of aromatic nitrogens is 2. The summed E-state index contributed by atoms with van der Waals surface area (Å²) in [5.74, 6) is 0.493. The number of rotatable bonds is 7.